The van der Waals surface area contributed by atoms with Crippen molar-refractivity contribution >= 4 is 11.9 Å². The van der Waals surface area contributed by atoms with E-state index >= 15 is 0 Å². The van der Waals surface area contributed by atoms with E-state index in [1.165, 1.54) is 5.56 Å². The van der Waals surface area contributed by atoms with Crippen molar-refractivity contribution < 1.29 is 23.8 Å². The van der Waals surface area contributed by atoms with Crippen molar-refractivity contribution in [2.75, 3.05) is 13.2 Å². The van der Waals surface area contributed by atoms with Crippen LogP contribution in [0.3, 0.4) is 0 Å². The second-order valence-electron chi connectivity index (χ2n) is 11.6. The average molecular weight is 507 g/mol. The fourth-order valence-corrected chi connectivity index (χ4v) is 5.18. The van der Waals surface area contributed by atoms with Gasteiger partial charge in [-0.15, -0.1) is 0 Å². The second kappa shape index (κ2) is 10.8. The van der Waals surface area contributed by atoms with Gasteiger partial charge in [-0.3, -0.25) is 4.79 Å². The van der Waals surface area contributed by atoms with Crippen molar-refractivity contribution in [3.8, 4) is 5.75 Å². The smallest absolute Gasteiger partial charge is 0.407 e. The lowest BCUT2D eigenvalue weighted by Gasteiger charge is -2.29. The lowest BCUT2D eigenvalue weighted by molar-refractivity contribution is -0.0796. The van der Waals surface area contributed by atoms with E-state index in [-0.39, 0.29) is 24.3 Å². The van der Waals surface area contributed by atoms with Crippen LogP contribution < -0.4 is 10.1 Å². The fourth-order valence-electron chi connectivity index (χ4n) is 5.18. The fraction of sp³-hybridized carbons (Fsp3) is 0.567. The highest BCUT2D eigenvalue weighted by molar-refractivity contribution is 5.97. The SMILES string of the molecule is CC(C)(C)OC(=O)NCc1ccc(C2CC2)c(C(=O)C2CCC(c3ccc(OC4COC4)cc3)CC2)n1. The Morgan fingerprint density at radius 2 is 1.62 bits per heavy atom. The number of ether oxygens (including phenoxy) is 3. The second-order valence-corrected chi connectivity index (χ2v) is 11.6. The molecule has 1 amide bonds. The largest absolute Gasteiger partial charge is 0.486 e. The zero-order valence-electron chi connectivity index (χ0n) is 22.1. The number of benzene rings is 1. The summed E-state index contributed by atoms with van der Waals surface area (Å²) in [5, 5.41) is 2.76. The number of hydrogen-bond donors (Lipinski definition) is 1. The van der Waals surface area contributed by atoms with Crippen molar-refractivity contribution in [3.05, 3.63) is 58.9 Å². The number of nitrogens with zero attached hydrogens (tertiary/aromatic N) is 1. The van der Waals surface area contributed by atoms with Crippen molar-refractivity contribution in [1.29, 1.82) is 0 Å². The molecule has 198 valence electrons. The number of carbonyl (C=O) groups is 2. The van der Waals surface area contributed by atoms with Gasteiger partial charge in [0.2, 0.25) is 0 Å². The van der Waals surface area contributed by atoms with Gasteiger partial charge in [-0.2, -0.15) is 0 Å². The summed E-state index contributed by atoms with van der Waals surface area (Å²) in [4.78, 5) is 30.5. The molecule has 0 radical (unpaired) electrons. The van der Waals surface area contributed by atoms with E-state index < -0.39 is 11.7 Å². The molecule has 2 aliphatic carbocycles. The Bertz CT molecular complexity index is 1110. The number of ketones is 1. The Morgan fingerprint density at radius 3 is 2.22 bits per heavy atom. The Hall–Kier alpha value is -2.93. The first-order valence-corrected chi connectivity index (χ1v) is 13.6. The molecule has 3 aliphatic rings. The molecule has 1 aliphatic heterocycles. The highest BCUT2D eigenvalue weighted by atomic mass is 16.6. The van der Waals surface area contributed by atoms with E-state index in [9.17, 15) is 9.59 Å². The van der Waals surface area contributed by atoms with Crippen molar-refractivity contribution in [2.24, 2.45) is 5.92 Å². The Labute approximate surface area is 219 Å². The van der Waals surface area contributed by atoms with E-state index in [4.69, 9.17) is 19.2 Å². The van der Waals surface area contributed by atoms with E-state index in [1.54, 1.807) is 0 Å². The number of alkyl carbamates (subject to hydrolysis) is 1. The van der Waals surface area contributed by atoms with Gasteiger partial charge < -0.3 is 19.5 Å². The lowest BCUT2D eigenvalue weighted by Crippen LogP contribution is -2.38. The molecule has 1 aromatic carbocycles. The van der Waals surface area contributed by atoms with E-state index in [2.05, 4.69) is 17.4 Å². The van der Waals surface area contributed by atoms with Crippen LogP contribution in [0.2, 0.25) is 0 Å². The number of amides is 1. The molecule has 1 aromatic heterocycles. The molecule has 7 nitrogen and oxygen atoms in total. The standard InChI is InChI=1S/C30H38N2O5/c1-30(2,3)37-29(34)31-16-23-12-15-26(21-6-7-21)27(32-23)28(33)22-8-4-19(5-9-22)20-10-13-24(14-11-20)36-25-17-35-18-25/h10-15,19,21-22,25H,4-9,16-18H2,1-3H3,(H,31,34). The van der Waals surface area contributed by atoms with Crippen molar-refractivity contribution in [1.82, 2.24) is 10.3 Å². The maximum absolute atomic E-state index is 13.7. The number of Topliss-reactive ketones (excluding diaryl/α,β-unsaturated/α-hetero) is 1. The molecule has 0 unspecified atom stereocenters. The third-order valence-electron chi connectivity index (χ3n) is 7.41. The number of aromatic nitrogens is 1. The summed E-state index contributed by atoms with van der Waals surface area (Å²) in [6.07, 6.45) is 5.63. The maximum Gasteiger partial charge on any atom is 0.407 e. The van der Waals surface area contributed by atoms with Gasteiger partial charge in [-0.05, 0) is 100 Å². The Morgan fingerprint density at radius 1 is 0.946 bits per heavy atom. The third-order valence-corrected chi connectivity index (χ3v) is 7.41. The van der Waals surface area contributed by atoms with Gasteiger partial charge in [-0.25, -0.2) is 9.78 Å². The Kier molecular flexibility index (Phi) is 7.52. The summed E-state index contributed by atoms with van der Waals surface area (Å²) >= 11 is 0. The monoisotopic (exact) mass is 506 g/mol. The molecule has 2 heterocycles. The topological polar surface area (TPSA) is 86.8 Å². The van der Waals surface area contributed by atoms with Crippen LogP contribution in [0.15, 0.2) is 36.4 Å². The number of hydrogen-bond acceptors (Lipinski definition) is 6. The van der Waals surface area contributed by atoms with Crippen molar-refractivity contribution in [3.63, 3.8) is 0 Å². The van der Waals surface area contributed by atoms with E-state index in [1.807, 2.05) is 45.0 Å². The molecule has 1 N–H and O–H groups in total. The first kappa shape index (κ1) is 25.7. The number of carbonyl (C=O) groups excluding carboxylic acids is 2. The lowest BCUT2D eigenvalue weighted by atomic mass is 9.76. The molecule has 2 aromatic rings. The summed E-state index contributed by atoms with van der Waals surface area (Å²) in [6, 6.07) is 12.4. The van der Waals surface area contributed by atoms with Gasteiger partial charge in [0.1, 0.15) is 23.1 Å². The minimum absolute atomic E-state index is 0.00321. The molecule has 0 bridgehead atoms. The predicted octanol–water partition coefficient (Wildman–Crippen LogP) is 5.92. The molecule has 5 rings (SSSR count). The number of pyridine rings is 1. The highest BCUT2D eigenvalue weighted by Gasteiger charge is 2.34. The van der Waals surface area contributed by atoms with E-state index in [0.29, 0.717) is 36.4 Å². The molecule has 3 fully saturated rings. The molecular formula is C30H38N2O5. The highest BCUT2D eigenvalue weighted by Crippen LogP contribution is 2.43. The van der Waals surface area contributed by atoms with Crippen LogP contribution in [0.4, 0.5) is 4.79 Å². The normalized spacial score (nSPS) is 22.1. The predicted molar refractivity (Wildman–Crippen MR) is 140 cm³/mol. The molecule has 1 saturated heterocycles. The molecule has 2 saturated carbocycles. The Balaban J connectivity index is 1.19. The molecule has 7 heteroatoms. The van der Waals surface area contributed by atoms with Crippen LogP contribution in [0.5, 0.6) is 5.75 Å². The molecule has 37 heavy (non-hydrogen) atoms. The minimum atomic E-state index is -0.561. The van der Waals surface area contributed by atoms with Crippen LogP contribution in [0.25, 0.3) is 0 Å². The van der Waals surface area contributed by atoms with Crippen LogP contribution in [-0.2, 0) is 16.0 Å². The molecule has 0 atom stereocenters. The number of nitrogens with one attached hydrogen (secondary N) is 1. The van der Waals surface area contributed by atoms with Crippen LogP contribution in [0.1, 0.15) is 98.4 Å². The summed E-state index contributed by atoms with van der Waals surface area (Å²) in [6.45, 7) is 7.06. The minimum Gasteiger partial charge on any atom is -0.486 e. The van der Waals surface area contributed by atoms with Crippen molar-refractivity contribution in [2.45, 2.75) is 89.4 Å². The molecular weight excluding hydrogens is 468 g/mol. The zero-order chi connectivity index (χ0) is 26.0. The van der Waals surface area contributed by atoms with E-state index in [0.717, 1.165) is 49.8 Å². The van der Waals surface area contributed by atoms with Gasteiger partial charge in [-0.1, -0.05) is 18.2 Å². The van der Waals surface area contributed by atoms with Gasteiger partial charge in [0.05, 0.1) is 25.5 Å². The molecule has 0 spiro atoms. The third kappa shape index (κ3) is 6.69. The number of rotatable bonds is 8. The summed E-state index contributed by atoms with van der Waals surface area (Å²) in [7, 11) is 0. The quantitative estimate of drug-likeness (QED) is 0.448. The van der Waals surface area contributed by atoms with Gasteiger partial charge in [0.15, 0.2) is 5.78 Å². The maximum atomic E-state index is 13.7. The summed E-state index contributed by atoms with van der Waals surface area (Å²) in [5.74, 6) is 1.94. The van der Waals surface area contributed by atoms with Gasteiger partial charge >= 0.3 is 6.09 Å². The van der Waals surface area contributed by atoms with Crippen LogP contribution >= 0.6 is 0 Å². The van der Waals surface area contributed by atoms with Crippen LogP contribution in [-0.4, -0.2) is 41.8 Å². The average Bonchev–Trinajstić information content (AvgIpc) is 3.69. The summed E-state index contributed by atoms with van der Waals surface area (Å²) in [5.41, 5.74) is 3.11. The van der Waals surface area contributed by atoms with Gasteiger partial charge in [0, 0.05) is 5.92 Å². The first-order valence-electron chi connectivity index (χ1n) is 13.6. The van der Waals surface area contributed by atoms with Gasteiger partial charge in [0.25, 0.3) is 0 Å². The zero-order valence-corrected chi connectivity index (χ0v) is 22.1. The van der Waals surface area contributed by atoms with Crippen LogP contribution in [0, 0.1) is 5.92 Å². The summed E-state index contributed by atoms with van der Waals surface area (Å²) < 4.78 is 16.4. The first-order chi connectivity index (χ1) is 17.7.